The van der Waals surface area contributed by atoms with Crippen LogP contribution in [0.25, 0.3) is 0 Å². The number of rotatable bonds is 5. The predicted molar refractivity (Wildman–Crippen MR) is 73.6 cm³/mol. The Morgan fingerprint density at radius 1 is 1.33 bits per heavy atom. The van der Waals surface area contributed by atoms with Gasteiger partial charge in [-0.05, 0) is 48.5 Å². The Hall–Kier alpha value is -0.870. The molecule has 1 N–H and O–H groups in total. The van der Waals surface area contributed by atoms with Gasteiger partial charge in [-0.1, -0.05) is 26.0 Å². The minimum absolute atomic E-state index is 0.220. The third kappa shape index (κ3) is 2.59. The zero-order valence-corrected chi connectivity index (χ0v) is 12.0. The Labute approximate surface area is 110 Å². The Kier molecular flexibility index (Phi) is 3.52. The quantitative estimate of drug-likeness (QED) is 0.887. The van der Waals surface area contributed by atoms with Gasteiger partial charge in [0, 0.05) is 6.26 Å². The van der Waals surface area contributed by atoms with Gasteiger partial charge in [-0.2, -0.15) is 0 Å². The summed E-state index contributed by atoms with van der Waals surface area (Å²) in [5.74, 6) is 0.668. The summed E-state index contributed by atoms with van der Waals surface area (Å²) in [6.07, 6.45) is 2.42. The molecule has 0 bridgehead atoms. The average Bonchev–Trinajstić information content (AvgIpc) is 2.98. The molecule has 2 rings (SSSR count). The molecule has 2 atom stereocenters. The summed E-state index contributed by atoms with van der Waals surface area (Å²) < 4.78 is 22.8. The molecule has 0 spiro atoms. The van der Waals surface area contributed by atoms with Crippen LogP contribution in [0.2, 0.25) is 0 Å². The van der Waals surface area contributed by atoms with Gasteiger partial charge in [-0.25, -0.2) is 8.42 Å². The summed E-state index contributed by atoms with van der Waals surface area (Å²) in [7, 11) is -3.08. The molecule has 0 aromatic heterocycles. The molecule has 1 aromatic rings. The van der Waals surface area contributed by atoms with E-state index in [9.17, 15) is 8.42 Å². The zero-order chi connectivity index (χ0) is 13.4. The maximum atomic E-state index is 11.4. The second kappa shape index (κ2) is 4.67. The van der Waals surface area contributed by atoms with Crippen LogP contribution < -0.4 is 5.32 Å². The van der Waals surface area contributed by atoms with Crippen molar-refractivity contribution in [1.29, 1.82) is 0 Å². The Morgan fingerprint density at radius 3 is 2.44 bits per heavy atom. The molecular weight excluding hydrogens is 246 g/mol. The smallest absolute Gasteiger partial charge is 0.175 e. The normalized spacial score (nSPS) is 27.2. The van der Waals surface area contributed by atoms with E-state index in [1.165, 1.54) is 18.2 Å². The van der Waals surface area contributed by atoms with Gasteiger partial charge in [0.05, 0.1) is 4.90 Å². The van der Waals surface area contributed by atoms with Crippen molar-refractivity contribution in [2.24, 2.45) is 5.92 Å². The highest BCUT2D eigenvalue weighted by molar-refractivity contribution is 7.90. The minimum Gasteiger partial charge on any atom is -0.317 e. The molecule has 3 nitrogen and oxygen atoms in total. The molecule has 4 heteroatoms. The summed E-state index contributed by atoms with van der Waals surface area (Å²) in [5, 5.41) is 3.37. The van der Waals surface area contributed by atoms with Crippen molar-refractivity contribution in [2.45, 2.75) is 30.6 Å². The highest BCUT2D eigenvalue weighted by atomic mass is 32.2. The van der Waals surface area contributed by atoms with E-state index < -0.39 is 9.84 Å². The van der Waals surface area contributed by atoms with Crippen LogP contribution in [0.15, 0.2) is 29.2 Å². The molecule has 0 amide bonds. The lowest BCUT2D eigenvalue weighted by Gasteiger charge is -2.12. The highest BCUT2D eigenvalue weighted by Crippen LogP contribution is 2.53. The second-order valence-electron chi connectivity index (χ2n) is 5.42. The van der Waals surface area contributed by atoms with Gasteiger partial charge >= 0.3 is 0 Å². The summed E-state index contributed by atoms with van der Waals surface area (Å²) in [5.41, 5.74) is 1.47. The molecule has 1 fully saturated rings. The van der Waals surface area contributed by atoms with Crippen LogP contribution in [0.5, 0.6) is 0 Å². The first-order valence-corrected chi connectivity index (χ1v) is 8.28. The van der Waals surface area contributed by atoms with Gasteiger partial charge in [0.15, 0.2) is 9.84 Å². The fourth-order valence-corrected chi connectivity index (χ4v) is 3.14. The standard InChI is InChI=1S/C14H21NO2S/c1-4-15-10-12-9-14(12,2)11-5-7-13(8-6-11)18(3,16)17/h5-8,12,15H,4,9-10H2,1-3H3. The number of hydrogen-bond donors (Lipinski definition) is 1. The lowest BCUT2D eigenvalue weighted by molar-refractivity contribution is 0.590. The maximum absolute atomic E-state index is 11.4. The number of hydrogen-bond acceptors (Lipinski definition) is 3. The van der Waals surface area contributed by atoms with Crippen molar-refractivity contribution < 1.29 is 8.42 Å². The number of benzene rings is 1. The summed E-state index contributed by atoms with van der Waals surface area (Å²) in [6, 6.07) is 7.36. The molecule has 2 unspecified atom stereocenters. The van der Waals surface area contributed by atoms with Crippen molar-refractivity contribution in [3.8, 4) is 0 Å². The van der Waals surface area contributed by atoms with Crippen LogP contribution in [0.4, 0.5) is 0 Å². The Balaban J connectivity index is 2.12. The molecule has 0 aliphatic heterocycles. The maximum Gasteiger partial charge on any atom is 0.175 e. The third-order valence-electron chi connectivity index (χ3n) is 3.99. The first-order chi connectivity index (χ1) is 8.38. The Bertz CT molecular complexity index is 521. The van der Waals surface area contributed by atoms with E-state index in [0.717, 1.165) is 13.1 Å². The topological polar surface area (TPSA) is 46.2 Å². The Morgan fingerprint density at radius 2 is 1.94 bits per heavy atom. The van der Waals surface area contributed by atoms with Crippen molar-refractivity contribution in [1.82, 2.24) is 5.32 Å². The van der Waals surface area contributed by atoms with Gasteiger partial charge in [0.1, 0.15) is 0 Å². The van der Waals surface area contributed by atoms with E-state index in [4.69, 9.17) is 0 Å². The molecule has 1 saturated carbocycles. The van der Waals surface area contributed by atoms with E-state index in [2.05, 4.69) is 19.2 Å². The molecule has 100 valence electrons. The van der Waals surface area contributed by atoms with Gasteiger partial charge in [0.25, 0.3) is 0 Å². The average molecular weight is 267 g/mol. The van der Waals surface area contributed by atoms with Crippen molar-refractivity contribution in [3.05, 3.63) is 29.8 Å². The monoisotopic (exact) mass is 267 g/mol. The van der Waals surface area contributed by atoms with Crippen molar-refractivity contribution >= 4 is 9.84 Å². The molecule has 1 aromatic carbocycles. The van der Waals surface area contributed by atoms with Crippen LogP contribution in [0.3, 0.4) is 0 Å². The van der Waals surface area contributed by atoms with E-state index in [1.54, 1.807) is 12.1 Å². The predicted octanol–water partition coefficient (Wildman–Crippen LogP) is 1.98. The molecule has 0 saturated heterocycles. The van der Waals surface area contributed by atoms with Gasteiger partial charge in [-0.15, -0.1) is 0 Å². The van der Waals surface area contributed by atoms with Gasteiger partial charge in [-0.3, -0.25) is 0 Å². The van der Waals surface area contributed by atoms with Gasteiger partial charge < -0.3 is 5.32 Å². The van der Waals surface area contributed by atoms with Crippen LogP contribution >= 0.6 is 0 Å². The van der Waals surface area contributed by atoms with Gasteiger partial charge in [0.2, 0.25) is 0 Å². The summed E-state index contributed by atoms with van der Waals surface area (Å²) in [4.78, 5) is 0.402. The van der Waals surface area contributed by atoms with Crippen LogP contribution in [-0.2, 0) is 15.3 Å². The highest BCUT2D eigenvalue weighted by Gasteiger charge is 2.50. The van der Waals surface area contributed by atoms with E-state index in [-0.39, 0.29) is 5.41 Å². The van der Waals surface area contributed by atoms with Crippen molar-refractivity contribution in [2.75, 3.05) is 19.3 Å². The van der Waals surface area contributed by atoms with Crippen LogP contribution in [-0.4, -0.2) is 27.8 Å². The lowest BCUT2D eigenvalue weighted by atomic mass is 9.95. The first kappa shape index (κ1) is 13.6. The van der Waals surface area contributed by atoms with E-state index in [1.807, 2.05) is 12.1 Å². The lowest BCUT2D eigenvalue weighted by Crippen LogP contribution is -2.19. The fourth-order valence-electron chi connectivity index (χ4n) is 2.51. The summed E-state index contributed by atoms with van der Waals surface area (Å²) in [6.45, 7) is 6.41. The third-order valence-corrected chi connectivity index (χ3v) is 5.12. The largest absolute Gasteiger partial charge is 0.317 e. The molecular formula is C14H21NO2S. The molecule has 0 radical (unpaired) electrons. The van der Waals surface area contributed by atoms with Crippen molar-refractivity contribution in [3.63, 3.8) is 0 Å². The van der Waals surface area contributed by atoms with Crippen LogP contribution in [0, 0.1) is 5.92 Å². The summed E-state index contributed by atoms with van der Waals surface area (Å²) >= 11 is 0. The second-order valence-corrected chi connectivity index (χ2v) is 7.44. The number of sulfone groups is 1. The molecule has 1 aliphatic carbocycles. The molecule has 18 heavy (non-hydrogen) atoms. The molecule has 1 aliphatic rings. The van der Waals surface area contributed by atoms with E-state index >= 15 is 0 Å². The zero-order valence-electron chi connectivity index (χ0n) is 11.2. The van der Waals surface area contributed by atoms with Crippen LogP contribution in [0.1, 0.15) is 25.8 Å². The fraction of sp³-hybridized carbons (Fsp3) is 0.571. The SMILES string of the molecule is CCNCC1CC1(C)c1ccc(S(C)(=O)=O)cc1. The minimum atomic E-state index is -3.08. The first-order valence-electron chi connectivity index (χ1n) is 6.39. The number of nitrogens with one attached hydrogen (secondary N) is 1. The van der Waals surface area contributed by atoms with E-state index in [0.29, 0.717) is 10.8 Å². The molecule has 0 heterocycles.